The van der Waals surface area contributed by atoms with Crippen molar-refractivity contribution in [2.45, 2.75) is 81.6 Å². The van der Waals surface area contributed by atoms with E-state index in [-0.39, 0.29) is 42.1 Å². The third-order valence-electron chi connectivity index (χ3n) is 6.83. The number of hydrogen-bond donors (Lipinski definition) is 1. The third-order valence-corrected chi connectivity index (χ3v) is 8.29. The second-order valence-corrected chi connectivity index (χ2v) is 10.7. The maximum atomic E-state index is 13.6. The maximum Gasteiger partial charge on any atom is 0.289 e. The fourth-order valence-electron chi connectivity index (χ4n) is 5.10. The fraction of sp³-hybridized carbons (Fsp3) is 0.615. The van der Waals surface area contributed by atoms with Gasteiger partial charge in [0.2, 0.25) is 5.91 Å². The summed E-state index contributed by atoms with van der Waals surface area (Å²) in [6, 6.07) is 6.01. The summed E-state index contributed by atoms with van der Waals surface area (Å²) in [4.78, 5) is 27.6. The zero-order valence-electron chi connectivity index (χ0n) is 19.3. The summed E-state index contributed by atoms with van der Waals surface area (Å²) in [6.07, 6.45) is 12.9. The van der Waals surface area contributed by atoms with Crippen LogP contribution >= 0.6 is 11.8 Å². The largest absolute Gasteiger partial charge is 0.482 e. The second kappa shape index (κ2) is 11.9. The van der Waals surface area contributed by atoms with Crippen molar-refractivity contribution in [2.75, 3.05) is 18.8 Å². The highest BCUT2D eigenvalue weighted by molar-refractivity contribution is 7.99. The number of amides is 2. The number of hydrogen-bond acceptors (Lipinski definition) is 4. The van der Waals surface area contributed by atoms with E-state index in [4.69, 9.17) is 4.74 Å². The third kappa shape index (κ3) is 6.75. The zero-order valence-corrected chi connectivity index (χ0v) is 20.1. The van der Waals surface area contributed by atoms with Crippen LogP contribution in [0.5, 0.6) is 0 Å². The monoisotopic (exact) mass is 474 g/mol. The lowest BCUT2D eigenvalue weighted by Gasteiger charge is -2.44. The molecule has 0 bridgehead atoms. The van der Waals surface area contributed by atoms with Gasteiger partial charge in [0.25, 0.3) is 5.91 Å². The van der Waals surface area contributed by atoms with Gasteiger partial charge in [-0.3, -0.25) is 9.59 Å². The van der Waals surface area contributed by atoms with Crippen LogP contribution in [0.15, 0.2) is 30.0 Å². The van der Waals surface area contributed by atoms with Crippen molar-refractivity contribution in [1.29, 1.82) is 0 Å². The van der Waals surface area contributed by atoms with Crippen molar-refractivity contribution < 1.29 is 18.7 Å². The number of halogens is 1. The Morgan fingerprint density at radius 3 is 2.76 bits per heavy atom. The molecule has 1 aromatic carbocycles. The minimum Gasteiger partial charge on any atom is -0.482 e. The summed E-state index contributed by atoms with van der Waals surface area (Å²) >= 11 is 2.04. The topological polar surface area (TPSA) is 58.6 Å². The highest BCUT2D eigenvalue weighted by atomic mass is 32.2. The van der Waals surface area contributed by atoms with E-state index >= 15 is 0 Å². The number of nitrogens with one attached hydrogen (secondary N) is 1. The fourth-order valence-corrected chi connectivity index (χ4v) is 6.41. The Bertz CT molecular complexity index is 856. The summed E-state index contributed by atoms with van der Waals surface area (Å²) in [6.45, 7) is 0.677. The van der Waals surface area contributed by atoms with Crippen LogP contribution < -0.4 is 5.32 Å². The Kier molecular flexibility index (Phi) is 8.70. The summed E-state index contributed by atoms with van der Waals surface area (Å²) in [5, 5.41) is 3.78. The molecule has 0 spiro atoms. The number of thioether (sulfide) groups is 1. The van der Waals surface area contributed by atoms with Gasteiger partial charge in [-0.25, -0.2) is 4.39 Å². The van der Waals surface area contributed by atoms with Crippen molar-refractivity contribution >= 4 is 29.7 Å². The van der Waals surface area contributed by atoms with Crippen molar-refractivity contribution in [3.63, 3.8) is 0 Å². The summed E-state index contributed by atoms with van der Waals surface area (Å²) in [5.41, 5.74) is 0.576. The van der Waals surface area contributed by atoms with Gasteiger partial charge in [0.15, 0.2) is 5.76 Å². The van der Waals surface area contributed by atoms with Crippen LogP contribution in [0.2, 0.25) is 0 Å². The van der Waals surface area contributed by atoms with E-state index in [1.165, 1.54) is 44.2 Å². The van der Waals surface area contributed by atoms with E-state index in [1.54, 1.807) is 23.1 Å². The smallest absolute Gasteiger partial charge is 0.289 e. The van der Waals surface area contributed by atoms with Gasteiger partial charge in [-0.1, -0.05) is 37.8 Å². The highest BCUT2D eigenvalue weighted by Crippen LogP contribution is 2.33. The van der Waals surface area contributed by atoms with E-state index < -0.39 is 0 Å². The van der Waals surface area contributed by atoms with Gasteiger partial charge in [-0.15, -0.1) is 0 Å². The molecule has 2 atom stereocenters. The van der Waals surface area contributed by atoms with Gasteiger partial charge in [0.05, 0.1) is 6.04 Å². The van der Waals surface area contributed by atoms with Gasteiger partial charge < -0.3 is 15.0 Å². The first-order valence-electron chi connectivity index (χ1n) is 12.4. The van der Waals surface area contributed by atoms with Crippen molar-refractivity contribution in [3.05, 3.63) is 41.4 Å². The number of benzene rings is 1. The van der Waals surface area contributed by atoms with Crippen molar-refractivity contribution in [3.8, 4) is 0 Å². The minimum absolute atomic E-state index is 0.0413. The van der Waals surface area contributed by atoms with Crippen LogP contribution in [0, 0.1) is 5.82 Å². The Morgan fingerprint density at radius 2 is 1.94 bits per heavy atom. The standard InChI is InChI=1S/C26H35FN2O3S/c27-20-9-6-8-19(16-20)17-24-26(31)29(22-12-4-5-13-23(22)32-24)18-25(30)28-14-7-15-33-21-10-2-1-3-11-21/h6,8-9,16-17,21-23H,1-5,7,10-15,18H2,(H,28,30)/b24-17+. The first-order chi connectivity index (χ1) is 16.1. The first kappa shape index (κ1) is 24.1. The van der Waals surface area contributed by atoms with Gasteiger partial charge in [0, 0.05) is 11.8 Å². The van der Waals surface area contributed by atoms with Crippen LogP contribution in [-0.2, 0) is 14.3 Å². The maximum absolute atomic E-state index is 13.6. The molecule has 180 valence electrons. The van der Waals surface area contributed by atoms with Crippen molar-refractivity contribution in [2.24, 2.45) is 0 Å². The van der Waals surface area contributed by atoms with Crippen LogP contribution in [0.3, 0.4) is 0 Å². The Labute approximate surface area is 200 Å². The summed E-state index contributed by atoms with van der Waals surface area (Å²) in [7, 11) is 0. The molecule has 4 rings (SSSR count). The number of carbonyl (C=O) groups excluding carboxylic acids is 2. The van der Waals surface area contributed by atoms with Crippen molar-refractivity contribution in [1.82, 2.24) is 10.2 Å². The van der Waals surface area contributed by atoms with Gasteiger partial charge in [0.1, 0.15) is 18.5 Å². The number of carbonyl (C=O) groups is 2. The molecule has 1 heterocycles. The predicted molar refractivity (Wildman–Crippen MR) is 130 cm³/mol. The lowest BCUT2D eigenvalue weighted by atomic mass is 9.89. The Balaban J connectivity index is 1.32. The molecular formula is C26H35FN2O3S. The van der Waals surface area contributed by atoms with E-state index in [1.807, 2.05) is 11.8 Å². The molecular weight excluding hydrogens is 439 g/mol. The van der Waals surface area contributed by atoms with Gasteiger partial charge >= 0.3 is 0 Å². The quantitative estimate of drug-likeness (QED) is 0.430. The molecule has 33 heavy (non-hydrogen) atoms. The number of nitrogens with zero attached hydrogens (tertiary/aromatic N) is 1. The molecule has 1 aromatic rings. The SMILES string of the molecule is O=C(CN1C(=O)/C(=C\c2cccc(F)c2)OC2CCCCC21)NCCCSC1CCCCC1. The molecule has 0 radical (unpaired) electrons. The number of ether oxygens (including phenoxy) is 1. The lowest BCUT2D eigenvalue weighted by molar-refractivity contribution is -0.151. The first-order valence-corrected chi connectivity index (χ1v) is 13.5. The van der Waals surface area contributed by atoms with E-state index in [0.29, 0.717) is 12.1 Å². The van der Waals surface area contributed by atoms with Crippen LogP contribution in [0.4, 0.5) is 4.39 Å². The molecule has 2 aliphatic carbocycles. The van der Waals surface area contributed by atoms with E-state index in [9.17, 15) is 14.0 Å². The second-order valence-electron chi connectivity index (χ2n) is 9.34. The lowest BCUT2D eigenvalue weighted by Crippen LogP contribution is -2.57. The number of rotatable bonds is 8. The normalized spacial score (nSPS) is 24.9. The minimum atomic E-state index is -0.360. The molecule has 3 aliphatic rings. The molecule has 1 saturated heterocycles. The number of fused-ring (bicyclic) bond motifs is 1. The zero-order chi connectivity index (χ0) is 23.0. The highest BCUT2D eigenvalue weighted by Gasteiger charge is 2.42. The molecule has 5 nitrogen and oxygen atoms in total. The van der Waals surface area contributed by atoms with Crippen LogP contribution in [-0.4, -0.2) is 53.0 Å². The molecule has 2 saturated carbocycles. The molecule has 1 aliphatic heterocycles. The van der Waals surface area contributed by atoms with E-state index in [2.05, 4.69) is 5.32 Å². The molecule has 3 fully saturated rings. The predicted octanol–water partition coefficient (Wildman–Crippen LogP) is 4.91. The molecule has 1 N–H and O–H groups in total. The van der Waals surface area contributed by atoms with E-state index in [0.717, 1.165) is 43.1 Å². The molecule has 2 amide bonds. The van der Waals surface area contributed by atoms with Crippen LogP contribution in [0.1, 0.15) is 69.8 Å². The average molecular weight is 475 g/mol. The number of morpholine rings is 1. The summed E-state index contributed by atoms with van der Waals surface area (Å²) in [5.74, 6) is 0.487. The average Bonchev–Trinajstić information content (AvgIpc) is 2.82. The molecule has 7 heteroatoms. The summed E-state index contributed by atoms with van der Waals surface area (Å²) < 4.78 is 19.6. The molecule has 0 aromatic heterocycles. The Morgan fingerprint density at radius 1 is 1.15 bits per heavy atom. The molecule has 2 unspecified atom stereocenters. The van der Waals surface area contributed by atoms with Gasteiger partial charge in [-0.05, 0) is 68.0 Å². The van der Waals surface area contributed by atoms with Crippen LogP contribution in [0.25, 0.3) is 6.08 Å². The van der Waals surface area contributed by atoms with Gasteiger partial charge in [-0.2, -0.15) is 11.8 Å². The Hall–Kier alpha value is -2.02.